The zero-order chi connectivity index (χ0) is 19.2. The second-order valence-electron chi connectivity index (χ2n) is 5.99. The number of aryl methyl sites for hydroxylation is 1. The minimum atomic E-state index is -3.31. The lowest BCUT2D eigenvalue weighted by molar-refractivity contribution is 0.0953. The van der Waals surface area contributed by atoms with Crippen molar-refractivity contribution in [2.75, 3.05) is 31.3 Å². The summed E-state index contributed by atoms with van der Waals surface area (Å²) in [6.07, 6.45) is 2.79. The molecule has 0 radical (unpaired) electrons. The first-order valence-corrected chi connectivity index (χ1v) is 10.1. The van der Waals surface area contributed by atoms with E-state index in [9.17, 15) is 13.2 Å². The molecule has 0 fully saturated rings. The van der Waals surface area contributed by atoms with Crippen LogP contribution in [0.1, 0.15) is 22.3 Å². The molecule has 2 rings (SSSR count). The van der Waals surface area contributed by atoms with Crippen LogP contribution in [0.3, 0.4) is 0 Å². The maximum absolute atomic E-state index is 12.2. The summed E-state index contributed by atoms with van der Waals surface area (Å²) in [6.45, 7) is 0.557. The molecule has 140 valence electrons. The van der Waals surface area contributed by atoms with E-state index in [0.29, 0.717) is 17.8 Å². The predicted molar refractivity (Wildman–Crippen MR) is 103 cm³/mol. The lowest BCUT2D eigenvalue weighted by atomic mass is 10.1. The zero-order valence-electron chi connectivity index (χ0n) is 15.2. The van der Waals surface area contributed by atoms with Crippen LogP contribution in [0.5, 0.6) is 5.75 Å². The van der Waals surface area contributed by atoms with E-state index >= 15 is 0 Å². The standard InChI is InChI=1S/C19H24N2O4S/c1-21(26(3,23)24)17-11-9-16(10-12-17)19(22)20-13-5-7-15-6-4-8-18(14-15)25-2/h4,6,8-12,14H,5,7,13H2,1-3H3,(H,20,22). The van der Waals surface area contributed by atoms with Gasteiger partial charge in [-0.1, -0.05) is 12.1 Å². The quantitative estimate of drug-likeness (QED) is 0.718. The Kier molecular flexibility index (Phi) is 6.63. The fourth-order valence-corrected chi connectivity index (χ4v) is 2.94. The van der Waals surface area contributed by atoms with E-state index in [0.717, 1.165) is 30.4 Å². The van der Waals surface area contributed by atoms with Crippen molar-refractivity contribution in [3.8, 4) is 5.75 Å². The van der Waals surface area contributed by atoms with Gasteiger partial charge in [0, 0.05) is 19.2 Å². The molecule has 0 aliphatic carbocycles. The van der Waals surface area contributed by atoms with Crippen LogP contribution in [0.4, 0.5) is 5.69 Å². The molecule has 0 atom stereocenters. The summed E-state index contributed by atoms with van der Waals surface area (Å²) >= 11 is 0. The minimum Gasteiger partial charge on any atom is -0.497 e. The lowest BCUT2D eigenvalue weighted by Crippen LogP contribution is -2.26. The predicted octanol–water partition coefficient (Wildman–Crippen LogP) is 2.45. The van der Waals surface area contributed by atoms with Gasteiger partial charge in [0.25, 0.3) is 5.91 Å². The molecule has 26 heavy (non-hydrogen) atoms. The van der Waals surface area contributed by atoms with Crippen LogP contribution in [0.15, 0.2) is 48.5 Å². The Hall–Kier alpha value is -2.54. The molecule has 0 aromatic heterocycles. The maximum atomic E-state index is 12.2. The maximum Gasteiger partial charge on any atom is 0.251 e. The largest absolute Gasteiger partial charge is 0.497 e. The highest BCUT2D eigenvalue weighted by Crippen LogP contribution is 2.16. The topological polar surface area (TPSA) is 75.7 Å². The van der Waals surface area contributed by atoms with Gasteiger partial charge in [0.2, 0.25) is 10.0 Å². The highest BCUT2D eigenvalue weighted by atomic mass is 32.2. The second-order valence-corrected chi connectivity index (χ2v) is 8.00. The van der Waals surface area contributed by atoms with Crippen molar-refractivity contribution < 1.29 is 17.9 Å². The van der Waals surface area contributed by atoms with Gasteiger partial charge < -0.3 is 10.1 Å². The Morgan fingerprint density at radius 1 is 1.15 bits per heavy atom. The van der Waals surface area contributed by atoms with Gasteiger partial charge in [-0.25, -0.2) is 8.42 Å². The van der Waals surface area contributed by atoms with Crippen LogP contribution in [0.25, 0.3) is 0 Å². The monoisotopic (exact) mass is 376 g/mol. The molecule has 0 heterocycles. The average Bonchev–Trinajstić information content (AvgIpc) is 2.64. The molecule has 6 nitrogen and oxygen atoms in total. The Morgan fingerprint density at radius 2 is 1.85 bits per heavy atom. The first kappa shape index (κ1) is 19.8. The number of hydrogen-bond donors (Lipinski definition) is 1. The van der Waals surface area contributed by atoms with Crippen molar-refractivity contribution in [1.82, 2.24) is 5.32 Å². The van der Waals surface area contributed by atoms with Crippen LogP contribution in [-0.4, -0.2) is 41.3 Å². The number of rotatable bonds is 8. The normalized spacial score (nSPS) is 11.0. The summed E-state index contributed by atoms with van der Waals surface area (Å²) in [5.41, 5.74) is 2.17. The van der Waals surface area contributed by atoms with Crippen molar-refractivity contribution >= 4 is 21.6 Å². The Labute approximate surface area is 154 Å². The van der Waals surface area contributed by atoms with Gasteiger partial charge in [-0.05, 0) is 54.8 Å². The van der Waals surface area contributed by atoms with E-state index in [2.05, 4.69) is 5.32 Å². The number of carbonyl (C=O) groups is 1. The molecule has 0 saturated heterocycles. The summed E-state index contributed by atoms with van der Waals surface area (Å²) in [5, 5.41) is 2.87. The van der Waals surface area contributed by atoms with Crippen LogP contribution < -0.4 is 14.4 Å². The highest BCUT2D eigenvalue weighted by Gasteiger charge is 2.12. The van der Waals surface area contributed by atoms with Gasteiger partial charge in [0.1, 0.15) is 5.75 Å². The SMILES string of the molecule is COc1cccc(CCCNC(=O)c2ccc(N(C)S(C)(=O)=O)cc2)c1. The molecule has 0 aliphatic rings. The fraction of sp³-hybridized carbons (Fsp3) is 0.316. The van der Waals surface area contributed by atoms with Gasteiger partial charge in [0.15, 0.2) is 0 Å². The zero-order valence-corrected chi connectivity index (χ0v) is 16.0. The first-order chi connectivity index (χ1) is 12.3. The molecular weight excluding hydrogens is 352 g/mol. The van der Waals surface area contributed by atoms with Crippen molar-refractivity contribution in [1.29, 1.82) is 0 Å². The van der Waals surface area contributed by atoms with Gasteiger partial charge in [-0.3, -0.25) is 9.10 Å². The number of ether oxygens (including phenoxy) is 1. The molecule has 2 aromatic carbocycles. The second kappa shape index (κ2) is 8.71. The molecule has 0 unspecified atom stereocenters. The summed E-state index contributed by atoms with van der Waals surface area (Å²) in [4.78, 5) is 12.2. The number of carbonyl (C=O) groups excluding carboxylic acids is 1. The summed E-state index contributed by atoms with van der Waals surface area (Å²) in [6, 6.07) is 14.3. The first-order valence-electron chi connectivity index (χ1n) is 8.26. The van der Waals surface area contributed by atoms with Crippen molar-refractivity contribution in [3.05, 3.63) is 59.7 Å². The number of amides is 1. The van der Waals surface area contributed by atoms with Crippen LogP contribution in [-0.2, 0) is 16.4 Å². The van der Waals surface area contributed by atoms with E-state index in [1.807, 2.05) is 24.3 Å². The van der Waals surface area contributed by atoms with E-state index in [-0.39, 0.29) is 5.91 Å². The molecule has 1 N–H and O–H groups in total. The number of hydrogen-bond acceptors (Lipinski definition) is 4. The van der Waals surface area contributed by atoms with Crippen molar-refractivity contribution in [2.24, 2.45) is 0 Å². The molecule has 7 heteroatoms. The molecule has 0 spiro atoms. The van der Waals surface area contributed by atoms with Gasteiger partial charge in [-0.2, -0.15) is 0 Å². The van der Waals surface area contributed by atoms with Crippen molar-refractivity contribution in [2.45, 2.75) is 12.8 Å². The number of anilines is 1. The van der Waals surface area contributed by atoms with E-state index in [1.165, 1.54) is 11.4 Å². The van der Waals surface area contributed by atoms with E-state index < -0.39 is 10.0 Å². The molecule has 0 aliphatic heterocycles. The fourth-order valence-electron chi connectivity index (χ4n) is 2.44. The Bertz CT molecular complexity index is 848. The summed E-state index contributed by atoms with van der Waals surface area (Å²) in [7, 11) is -0.202. The molecule has 0 saturated carbocycles. The number of methoxy groups -OCH3 is 1. The number of benzene rings is 2. The van der Waals surface area contributed by atoms with Crippen LogP contribution in [0, 0.1) is 0 Å². The van der Waals surface area contributed by atoms with Gasteiger partial charge in [-0.15, -0.1) is 0 Å². The summed E-state index contributed by atoms with van der Waals surface area (Å²) in [5.74, 6) is 0.648. The van der Waals surface area contributed by atoms with Crippen molar-refractivity contribution in [3.63, 3.8) is 0 Å². The third-order valence-electron chi connectivity index (χ3n) is 4.05. The van der Waals surface area contributed by atoms with E-state index in [4.69, 9.17) is 4.74 Å². The van der Waals surface area contributed by atoms with Gasteiger partial charge in [0.05, 0.1) is 19.1 Å². The number of sulfonamides is 1. The smallest absolute Gasteiger partial charge is 0.251 e. The van der Waals surface area contributed by atoms with Gasteiger partial charge >= 0.3 is 0 Å². The molecule has 0 bridgehead atoms. The highest BCUT2D eigenvalue weighted by molar-refractivity contribution is 7.92. The van der Waals surface area contributed by atoms with E-state index in [1.54, 1.807) is 31.4 Å². The van der Waals surface area contributed by atoms with Crippen LogP contribution in [0.2, 0.25) is 0 Å². The number of nitrogens with zero attached hydrogens (tertiary/aromatic N) is 1. The average molecular weight is 376 g/mol. The minimum absolute atomic E-state index is 0.177. The Morgan fingerprint density at radius 3 is 2.46 bits per heavy atom. The summed E-state index contributed by atoms with van der Waals surface area (Å²) < 4.78 is 29.4. The molecule has 1 amide bonds. The third-order valence-corrected chi connectivity index (χ3v) is 5.26. The van der Waals surface area contributed by atoms with Crippen LogP contribution >= 0.6 is 0 Å². The molecule has 2 aromatic rings. The lowest BCUT2D eigenvalue weighted by Gasteiger charge is -2.16. The Balaban J connectivity index is 1.84. The number of nitrogens with one attached hydrogen (secondary N) is 1. The molecular formula is C19H24N2O4S. The third kappa shape index (κ3) is 5.49.